The van der Waals surface area contributed by atoms with Crippen LogP contribution in [0, 0.1) is 0 Å². The normalized spacial score (nSPS) is 18.5. The van der Waals surface area contributed by atoms with E-state index < -0.39 is 0 Å². The Kier molecular flexibility index (Phi) is 2.52. The maximum atomic E-state index is 11.3. The molecule has 11 heavy (non-hydrogen) atoms. The summed E-state index contributed by atoms with van der Waals surface area (Å²) in [4.78, 5) is 13.0. The maximum Gasteiger partial charge on any atom is 0.229 e. The van der Waals surface area contributed by atoms with Gasteiger partial charge < -0.3 is 9.64 Å². The van der Waals surface area contributed by atoms with E-state index in [1.807, 2.05) is 13.8 Å². The first kappa shape index (κ1) is 8.11. The van der Waals surface area contributed by atoms with E-state index in [2.05, 4.69) is 0 Å². The highest BCUT2D eigenvalue weighted by atomic mass is 16.5. The van der Waals surface area contributed by atoms with Crippen molar-refractivity contribution in [1.82, 2.24) is 4.90 Å². The molecule has 1 aliphatic rings. The quantitative estimate of drug-likeness (QED) is 0.567. The van der Waals surface area contributed by atoms with Crippen molar-refractivity contribution in [2.45, 2.75) is 26.3 Å². The molecule has 3 heteroatoms. The van der Waals surface area contributed by atoms with Gasteiger partial charge in [0.15, 0.2) is 6.73 Å². The minimum atomic E-state index is 0.133. The molecule has 1 aliphatic heterocycles. The van der Waals surface area contributed by atoms with Crippen LogP contribution in [0.25, 0.3) is 0 Å². The lowest BCUT2D eigenvalue weighted by atomic mass is 10.3. The number of rotatable bonds is 1. The summed E-state index contributed by atoms with van der Waals surface area (Å²) in [5.41, 5.74) is 0. The average molecular weight is 155 g/mol. The molecule has 0 saturated heterocycles. The predicted molar refractivity (Wildman–Crippen MR) is 41.7 cm³/mol. The van der Waals surface area contributed by atoms with Gasteiger partial charge in [-0.05, 0) is 19.9 Å². The summed E-state index contributed by atoms with van der Waals surface area (Å²) < 4.78 is 5.06. The van der Waals surface area contributed by atoms with Gasteiger partial charge in [0.1, 0.15) is 0 Å². The highest BCUT2D eigenvalue weighted by molar-refractivity contribution is 5.78. The van der Waals surface area contributed by atoms with Crippen molar-refractivity contribution in [3.05, 3.63) is 12.3 Å². The zero-order valence-corrected chi connectivity index (χ0v) is 6.91. The average Bonchev–Trinajstić information content (AvgIpc) is 2.13. The lowest BCUT2D eigenvalue weighted by Crippen LogP contribution is -2.36. The van der Waals surface area contributed by atoms with Crippen LogP contribution in [0.5, 0.6) is 0 Å². The summed E-state index contributed by atoms with van der Waals surface area (Å²) in [6.45, 7) is 4.34. The molecule has 0 saturated carbocycles. The number of ether oxygens (including phenoxy) is 1. The van der Waals surface area contributed by atoms with E-state index >= 15 is 0 Å². The molecule has 1 amide bonds. The first-order valence-corrected chi connectivity index (χ1v) is 3.78. The topological polar surface area (TPSA) is 29.5 Å². The summed E-state index contributed by atoms with van der Waals surface area (Å²) in [5.74, 6) is 0.133. The van der Waals surface area contributed by atoms with Crippen LogP contribution >= 0.6 is 0 Å². The van der Waals surface area contributed by atoms with Gasteiger partial charge in [-0.25, -0.2) is 0 Å². The Labute approximate surface area is 66.6 Å². The lowest BCUT2D eigenvalue weighted by Gasteiger charge is -2.23. The number of hydrogen-bond acceptors (Lipinski definition) is 2. The van der Waals surface area contributed by atoms with E-state index in [1.54, 1.807) is 17.2 Å². The molecule has 3 nitrogen and oxygen atoms in total. The molecule has 0 N–H and O–H groups in total. The SMILES string of the molecule is CC(C)N1COC=CCC1=O. The van der Waals surface area contributed by atoms with Crippen molar-refractivity contribution in [3.8, 4) is 0 Å². The van der Waals surface area contributed by atoms with Gasteiger partial charge in [-0.2, -0.15) is 0 Å². The molecular weight excluding hydrogens is 142 g/mol. The molecule has 0 radical (unpaired) electrons. The van der Waals surface area contributed by atoms with Gasteiger partial charge in [0.05, 0.1) is 6.26 Å². The second-order valence-corrected chi connectivity index (χ2v) is 2.83. The highest BCUT2D eigenvalue weighted by Gasteiger charge is 2.16. The Bertz CT molecular complexity index is 175. The molecule has 0 unspecified atom stereocenters. The van der Waals surface area contributed by atoms with Crippen LogP contribution in [0.15, 0.2) is 12.3 Å². The molecule has 0 atom stereocenters. The van der Waals surface area contributed by atoms with Crippen molar-refractivity contribution in [3.63, 3.8) is 0 Å². The Hall–Kier alpha value is -0.990. The van der Waals surface area contributed by atoms with Crippen molar-refractivity contribution < 1.29 is 9.53 Å². The predicted octanol–water partition coefficient (Wildman–Crippen LogP) is 1.11. The van der Waals surface area contributed by atoms with Crippen LogP contribution in [0.1, 0.15) is 20.3 Å². The fourth-order valence-electron chi connectivity index (χ4n) is 0.967. The van der Waals surface area contributed by atoms with Crippen LogP contribution in [0.3, 0.4) is 0 Å². The van der Waals surface area contributed by atoms with Crippen LogP contribution in [0.4, 0.5) is 0 Å². The third-order valence-electron chi connectivity index (χ3n) is 1.64. The Morgan fingerprint density at radius 2 is 2.36 bits per heavy atom. The third kappa shape index (κ3) is 1.97. The number of carbonyl (C=O) groups is 1. The van der Waals surface area contributed by atoms with Gasteiger partial charge in [0.2, 0.25) is 5.91 Å². The lowest BCUT2D eigenvalue weighted by molar-refractivity contribution is -0.135. The first-order chi connectivity index (χ1) is 5.22. The molecule has 0 fully saturated rings. The van der Waals surface area contributed by atoms with E-state index in [9.17, 15) is 4.79 Å². The third-order valence-corrected chi connectivity index (χ3v) is 1.64. The molecule has 0 aromatic heterocycles. The van der Waals surface area contributed by atoms with Crippen molar-refractivity contribution in [2.75, 3.05) is 6.73 Å². The monoisotopic (exact) mass is 155 g/mol. The minimum Gasteiger partial charge on any atom is -0.481 e. The number of carbonyl (C=O) groups excluding carboxylic acids is 1. The van der Waals surface area contributed by atoms with Gasteiger partial charge >= 0.3 is 0 Å². The van der Waals surface area contributed by atoms with Crippen molar-refractivity contribution in [2.24, 2.45) is 0 Å². The zero-order chi connectivity index (χ0) is 8.27. The number of amides is 1. The Morgan fingerprint density at radius 1 is 1.64 bits per heavy atom. The first-order valence-electron chi connectivity index (χ1n) is 3.78. The van der Waals surface area contributed by atoms with Gasteiger partial charge in [0, 0.05) is 12.5 Å². The van der Waals surface area contributed by atoms with Gasteiger partial charge in [-0.1, -0.05) is 0 Å². The largest absolute Gasteiger partial charge is 0.481 e. The molecule has 0 aliphatic carbocycles. The van der Waals surface area contributed by atoms with Gasteiger partial charge in [0.25, 0.3) is 0 Å². The molecule has 0 bridgehead atoms. The van der Waals surface area contributed by atoms with E-state index in [1.165, 1.54) is 0 Å². The molecule has 62 valence electrons. The second kappa shape index (κ2) is 3.42. The maximum absolute atomic E-state index is 11.3. The summed E-state index contributed by atoms with van der Waals surface area (Å²) in [7, 11) is 0. The molecule has 1 heterocycles. The minimum absolute atomic E-state index is 0.133. The molecule has 0 aromatic carbocycles. The van der Waals surface area contributed by atoms with E-state index in [4.69, 9.17) is 4.74 Å². The van der Waals surface area contributed by atoms with Crippen LogP contribution in [0.2, 0.25) is 0 Å². The summed E-state index contributed by atoms with van der Waals surface area (Å²) in [5, 5.41) is 0. The van der Waals surface area contributed by atoms with Crippen LogP contribution in [-0.4, -0.2) is 23.6 Å². The van der Waals surface area contributed by atoms with E-state index in [-0.39, 0.29) is 11.9 Å². The van der Waals surface area contributed by atoms with Gasteiger partial charge in [-0.15, -0.1) is 0 Å². The molecule has 0 aromatic rings. The van der Waals surface area contributed by atoms with Crippen LogP contribution in [-0.2, 0) is 9.53 Å². The Morgan fingerprint density at radius 3 is 3.00 bits per heavy atom. The number of hydrogen-bond donors (Lipinski definition) is 0. The van der Waals surface area contributed by atoms with Crippen molar-refractivity contribution in [1.29, 1.82) is 0 Å². The number of nitrogens with zero attached hydrogens (tertiary/aromatic N) is 1. The summed E-state index contributed by atoms with van der Waals surface area (Å²) >= 11 is 0. The fourth-order valence-corrected chi connectivity index (χ4v) is 0.967. The zero-order valence-electron chi connectivity index (χ0n) is 6.91. The fraction of sp³-hybridized carbons (Fsp3) is 0.625. The van der Waals surface area contributed by atoms with E-state index in [0.29, 0.717) is 13.2 Å². The van der Waals surface area contributed by atoms with Gasteiger partial charge in [-0.3, -0.25) is 4.79 Å². The van der Waals surface area contributed by atoms with E-state index in [0.717, 1.165) is 0 Å². The highest BCUT2D eigenvalue weighted by Crippen LogP contribution is 2.05. The smallest absolute Gasteiger partial charge is 0.229 e. The second-order valence-electron chi connectivity index (χ2n) is 2.83. The van der Waals surface area contributed by atoms with Crippen molar-refractivity contribution >= 4 is 5.91 Å². The standard InChI is InChI=1S/C8H13NO2/c1-7(2)9-6-11-5-3-4-8(9)10/h3,5,7H,4,6H2,1-2H3. The molecular formula is C8H13NO2. The van der Waals surface area contributed by atoms with Crippen LogP contribution < -0.4 is 0 Å². The molecule has 1 rings (SSSR count). The summed E-state index contributed by atoms with van der Waals surface area (Å²) in [6.07, 6.45) is 3.78. The summed E-state index contributed by atoms with van der Waals surface area (Å²) in [6, 6.07) is 0.224. The molecule has 0 spiro atoms. The Balaban J connectivity index is 2.58.